The molecule has 1 aliphatic rings. The average Bonchev–Trinajstić information content (AvgIpc) is 3.29. The van der Waals surface area contributed by atoms with Gasteiger partial charge in [-0.15, -0.1) is 0 Å². The number of anilines is 2. The first kappa shape index (κ1) is 29.5. The van der Waals surface area contributed by atoms with Crippen molar-refractivity contribution in [2.75, 3.05) is 37.4 Å². The van der Waals surface area contributed by atoms with E-state index in [2.05, 4.69) is 20.8 Å². The van der Waals surface area contributed by atoms with Crippen LogP contribution in [0.1, 0.15) is 41.2 Å². The molecule has 1 aromatic carbocycles. The van der Waals surface area contributed by atoms with Crippen molar-refractivity contribution in [2.24, 2.45) is 5.92 Å². The quantitative estimate of drug-likeness (QED) is 0.396. The number of ether oxygens (including phenoxy) is 1. The minimum Gasteiger partial charge on any atom is -0.488 e. The Morgan fingerprint density at radius 1 is 1.20 bits per heavy atom. The van der Waals surface area contributed by atoms with Crippen molar-refractivity contribution < 1.29 is 28.8 Å². The number of carbonyl (C=O) groups excluding carboxylic acids is 3. The number of benzene rings is 1. The molecule has 12 heteroatoms. The van der Waals surface area contributed by atoms with Crippen LogP contribution in [0.3, 0.4) is 0 Å². The third-order valence-corrected chi connectivity index (χ3v) is 7.18. The molecule has 41 heavy (non-hydrogen) atoms. The molecular weight excluding hydrogens is 528 g/mol. The lowest BCUT2D eigenvalue weighted by Gasteiger charge is -2.34. The fraction of sp³-hybridized carbons (Fsp3) is 0.414. The summed E-state index contributed by atoms with van der Waals surface area (Å²) in [5.41, 5.74) is 2.63. The highest BCUT2D eigenvalue weighted by Crippen LogP contribution is 2.29. The molecule has 0 bridgehead atoms. The van der Waals surface area contributed by atoms with E-state index >= 15 is 0 Å². The number of hydrogen-bond donors (Lipinski definition) is 3. The highest BCUT2D eigenvalue weighted by atomic mass is 16.5. The molecule has 0 saturated heterocycles. The van der Waals surface area contributed by atoms with Crippen LogP contribution in [-0.4, -0.2) is 81.8 Å². The Kier molecular flexibility index (Phi) is 9.23. The maximum atomic E-state index is 13.4. The molecule has 218 valence electrons. The third kappa shape index (κ3) is 7.01. The van der Waals surface area contributed by atoms with E-state index in [0.717, 1.165) is 0 Å². The Bertz CT molecular complexity index is 1370. The molecule has 0 unspecified atom stereocenters. The van der Waals surface area contributed by atoms with Gasteiger partial charge in [0.25, 0.3) is 5.91 Å². The van der Waals surface area contributed by atoms with Crippen molar-refractivity contribution >= 4 is 29.2 Å². The molecule has 4 rings (SSSR count). The van der Waals surface area contributed by atoms with E-state index in [-0.39, 0.29) is 43.3 Å². The van der Waals surface area contributed by atoms with Gasteiger partial charge in [0.05, 0.1) is 25.6 Å². The Morgan fingerprint density at radius 2 is 1.93 bits per heavy atom. The van der Waals surface area contributed by atoms with Gasteiger partial charge in [0.2, 0.25) is 5.91 Å². The van der Waals surface area contributed by atoms with Crippen LogP contribution >= 0.6 is 0 Å². The van der Waals surface area contributed by atoms with Crippen LogP contribution in [0.5, 0.6) is 5.75 Å². The highest BCUT2D eigenvalue weighted by Gasteiger charge is 2.32. The summed E-state index contributed by atoms with van der Waals surface area (Å²) in [5, 5.41) is 19.4. The molecule has 3 heterocycles. The van der Waals surface area contributed by atoms with Crippen molar-refractivity contribution in [1.29, 1.82) is 0 Å². The van der Waals surface area contributed by atoms with Crippen molar-refractivity contribution in [3.63, 3.8) is 0 Å². The minimum absolute atomic E-state index is 0.0143. The van der Waals surface area contributed by atoms with Gasteiger partial charge >= 0.3 is 6.03 Å². The summed E-state index contributed by atoms with van der Waals surface area (Å²) in [7, 11) is 1.66. The maximum Gasteiger partial charge on any atom is 0.321 e. The number of aryl methyl sites for hydroxylation is 2. The van der Waals surface area contributed by atoms with E-state index < -0.39 is 12.1 Å². The largest absolute Gasteiger partial charge is 0.488 e. The van der Waals surface area contributed by atoms with E-state index in [1.807, 2.05) is 6.92 Å². The van der Waals surface area contributed by atoms with Gasteiger partial charge in [0.1, 0.15) is 23.2 Å². The van der Waals surface area contributed by atoms with Crippen LogP contribution in [0, 0.1) is 19.8 Å². The van der Waals surface area contributed by atoms with Crippen LogP contribution in [0.4, 0.5) is 16.2 Å². The predicted octanol–water partition coefficient (Wildman–Crippen LogP) is 3.25. The number of aliphatic hydroxyl groups excluding tert-OH is 1. The smallest absolute Gasteiger partial charge is 0.321 e. The normalized spacial score (nSPS) is 17.8. The fourth-order valence-electron chi connectivity index (χ4n) is 4.65. The van der Waals surface area contributed by atoms with Crippen molar-refractivity contribution in [3.8, 4) is 5.75 Å². The van der Waals surface area contributed by atoms with E-state index in [1.54, 1.807) is 63.1 Å². The molecule has 4 amide bonds. The Morgan fingerprint density at radius 3 is 2.59 bits per heavy atom. The number of nitrogens with one attached hydrogen (secondary N) is 2. The van der Waals surface area contributed by atoms with Gasteiger partial charge in [0, 0.05) is 48.7 Å². The lowest BCUT2D eigenvalue weighted by Crippen LogP contribution is -2.48. The SMILES string of the molecule is Cc1noc(C)c1NC(=O)N(C)C[C@@H]1Oc2ccc(NC(=O)c3ccncc3)cc2CC(=O)N([C@H](C)CO)C[C@H]1C. The van der Waals surface area contributed by atoms with Gasteiger partial charge in [-0.3, -0.25) is 14.6 Å². The number of aromatic nitrogens is 2. The number of rotatable bonds is 7. The van der Waals surface area contributed by atoms with Crippen molar-refractivity contribution in [2.45, 2.75) is 46.3 Å². The number of pyridine rings is 1. The minimum atomic E-state index is -0.495. The predicted molar refractivity (Wildman–Crippen MR) is 152 cm³/mol. The number of hydrogen-bond acceptors (Lipinski definition) is 8. The Labute approximate surface area is 238 Å². The molecule has 3 atom stereocenters. The van der Waals surface area contributed by atoms with Gasteiger partial charge < -0.3 is 34.8 Å². The monoisotopic (exact) mass is 564 g/mol. The summed E-state index contributed by atoms with van der Waals surface area (Å²) in [6.07, 6.45) is 2.59. The first-order valence-corrected chi connectivity index (χ1v) is 13.4. The van der Waals surface area contributed by atoms with E-state index in [0.29, 0.717) is 46.3 Å². The van der Waals surface area contributed by atoms with Gasteiger partial charge in [-0.25, -0.2) is 4.79 Å². The molecule has 0 saturated carbocycles. The van der Waals surface area contributed by atoms with Gasteiger partial charge in [0.15, 0.2) is 5.76 Å². The Hall–Kier alpha value is -4.45. The highest BCUT2D eigenvalue weighted by molar-refractivity contribution is 6.04. The molecular formula is C29H36N6O6. The molecule has 0 radical (unpaired) electrons. The molecule has 0 spiro atoms. The maximum absolute atomic E-state index is 13.4. The number of urea groups is 1. The Balaban J connectivity index is 1.60. The number of amides is 4. The first-order chi connectivity index (χ1) is 19.6. The molecule has 3 N–H and O–H groups in total. The van der Waals surface area contributed by atoms with Crippen LogP contribution in [-0.2, 0) is 11.2 Å². The molecule has 1 aliphatic heterocycles. The summed E-state index contributed by atoms with van der Waals surface area (Å²) in [6.45, 7) is 7.54. The molecule has 0 aliphatic carbocycles. The second-order valence-electron chi connectivity index (χ2n) is 10.4. The van der Waals surface area contributed by atoms with Crippen molar-refractivity contribution in [1.82, 2.24) is 19.9 Å². The van der Waals surface area contributed by atoms with Crippen LogP contribution in [0.15, 0.2) is 47.2 Å². The number of fused-ring (bicyclic) bond motifs is 1. The van der Waals surface area contributed by atoms with E-state index in [1.165, 1.54) is 17.3 Å². The lowest BCUT2D eigenvalue weighted by molar-refractivity contribution is -0.134. The number of likely N-dealkylation sites (N-methyl/N-ethyl adjacent to an activating group) is 1. The summed E-state index contributed by atoms with van der Waals surface area (Å²) < 4.78 is 11.6. The lowest BCUT2D eigenvalue weighted by atomic mass is 10.0. The molecule has 2 aromatic heterocycles. The average molecular weight is 565 g/mol. The van der Waals surface area contributed by atoms with Crippen LogP contribution in [0.2, 0.25) is 0 Å². The van der Waals surface area contributed by atoms with Gasteiger partial charge in [-0.05, 0) is 51.1 Å². The van der Waals surface area contributed by atoms with Crippen LogP contribution in [0.25, 0.3) is 0 Å². The van der Waals surface area contributed by atoms with Crippen LogP contribution < -0.4 is 15.4 Å². The molecule has 3 aromatic rings. The number of nitrogens with zero attached hydrogens (tertiary/aromatic N) is 4. The summed E-state index contributed by atoms with van der Waals surface area (Å²) in [5.74, 6) is 0.306. The zero-order valence-corrected chi connectivity index (χ0v) is 23.9. The molecule has 12 nitrogen and oxygen atoms in total. The topological polar surface area (TPSA) is 150 Å². The fourth-order valence-corrected chi connectivity index (χ4v) is 4.65. The standard InChI is InChI=1S/C29H36N6O6/c1-17-14-35(18(2)16-36)26(37)13-22-12-23(31-28(38)21-8-10-30-11-9-21)6-7-24(22)40-25(17)15-34(5)29(39)32-27-19(3)33-41-20(27)4/h6-12,17-18,25,36H,13-16H2,1-5H3,(H,31,38)(H,32,39)/t17-,18-,25+/m1/s1. The number of aliphatic hydroxyl groups is 1. The zero-order valence-electron chi connectivity index (χ0n) is 23.9. The number of carbonyl (C=O) groups is 3. The second kappa shape index (κ2) is 12.8. The first-order valence-electron chi connectivity index (χ1n) is 13.4. The van der Waals surface area contributed by atoms with Gasteiger partial charge in [-0.1, -0.05) is 12.1 Å². The van der Waals surface area contributed by atoms with Crippen molar-refractivity contribution in [3.05, 3.63) is 65.3 Å². The zero-order chi connectivity index (χ0) is 29.7. The van der Waals surface area contributed by atoms with E-state index in [4.69, 9.17) is 9.26 Å². The third-order valence-electron chi connectivity index (χ3n) is 7.18. The summed E-state index contributed by atoms with van der Waals surface area (Å²) in [6, 6.07) is 7.60. The summed E-state index contributed by atoms with van der Waals surface area (Å²) in [4.78, 5) is 46.3. The van der Waals surface area contributed by atoms with Gasteiger partial charge in [-0.2, -0.15) is 0 Å². The second-order valence-corrected chi connectivity index (χ2v) is 10.4. The molecule has 0 fully saturated rings. The summed E-state index contributed by atoms with van der Waals surface area (Å²) >= 11 is 0. The van der Waals surface area contributed by atoms with E-state index in [9.17, 15) is 19.5 Å².